The van der Waals surface area contributed by atoms with E-state index in [0.717, 1.165) is 116 Å². The molecule has 6 heteroatoms. The van der Waals surface area contributed by atoms with E-state index in [1.165, 1.54) is 135 Å². The maximum absolute atomic E-state index is 12.9. The number of hydrogen-bond acceptors (Lipinski definition) is 6. The highest BCUT2D eigenvalue weighted by Crippen LogP contribution is 2.16. The van der Waals surface area contributed by atoms with Crippen molar-refractivity contribution < 1.29 is 28.6 Å². The second kappa shape index (κ2) is 67.1. The van der Waals surface area contributed by atoms with Crippen LogP contribution in [-0.4, -0.2) is 37.2 Å². The minimum atomic E-state index is -0.811. The smallest absolute Gasteiger partial charge is 0.306 e. The number of carbonyl (C=O) groups excluding carboxylic acids is 3. The first-order valence-electron chi connectivity index (χ1n) is 33.2. The molecule has 1 unspecified atom stereocenters. The van der Waals surface area contributed by atoms with Crippen molar-refractivity contribution in [1.82, 2.24) is 0 Å². The molecule has 0 spiro atoms. The van der Waals surface area contributed by atoms with Crippen LogP contribution in [0.5, 0.6) is 0 Å². The van der Waals surface area contributed by atoms with Gasteiger partial charge >= 0.3 is 17.9 Å². The second-order valence-electron chi connectivity index (χ2n) is 21.6. The number of unbranched alkanes of at least 4 members (excludes halogenated alkanes) is 26. The van der Waals surface area contributed by atoms with Crippen molar-refractivity contribution in [2.45, 2.75) is 303 Å². The van der Waals surface area contributed by atoms with Gasteiger partial charge in [0.1, 0.15) is 13.2 Å². The third-order valence-electron chi connectivity index (χ3n) is 13.9. The van der Waals surface area contributed by atoms with Gasteiger partial charge in [0.05, 0.1) is 0 Å². The zero-order chi connectivity index (χ0) is 57.8. The van der Waals surface area contributed by atoms with Gasteiger partial charge in [0.15, 0.2) is 6.10 Å². The lowest BCUT2D eigenvalue weighted by Crippen LogP contribution is -2.30. The van der Waals surface area contributed by atoms with Crippen LogP contribution >= 0.6 is 0 Å². The van der Waals surface area contributed by atoms with Gasteiger partial charge in [-0.1, -0.05) is 283 Å². The zero-order valence-corrected chi connectivity index (χ0v) is 52.0. The zero-order valence-electron chi connectivity index (χ0n) is 52.0. The topological polar surface area (TPSA) is 78.9 Å². The molecule has 0 aromatic heterocycles. The van der Waals surface area contributed by atoms with E-state index < -0.39 is 6.10 Å². The van der Waals surface area contributed by atoms with Crippen LogP contribution in [0.4, 0.5) is 0 Å². The van der Waals surface area contributed by atoms with Crippen molar-refractivity contribution in [2.24, 2.45) is 0 Å². The van der Waals surface area contributed by atoms with Gasteiger partial charge in [0, 0.05) is 19.3 Å². The quantitative estimate of drug-likeness (QED) is 0.0261. The largest absolute Gasteiger partial charge is 0.462 e. The first-order valence-corrected chi connectivity index (χ1v) is 33.2. The van der Waals surface area contributed by atoms with E-state index in [0.29, 0.717) is 19.3 Å². The molecule has 0 amide bonds. The molecule has 0 fully saturated rings. The fraction of sp³-hybridized carbons (Fsp3) is 0.662. The molecule has 0 aliphatic rings. The summed E-state index contributed by atoms with van der Waals surface area (Å²) in [6.45, 7) is 6.36. The molecule has 0 aliphatic heterocycles. The first-order chi connectivity index (χ1) is 39.5. The lowest BCUT2D eigenvalue weighted by Gasteiger charge is -2.18. The second-order valence-corrected chi connectivity index (χ2v) is 21.6. The van der Waals surface area contributed by atoms with Gasteiger partial charge in [0.2, 0.25) is 0 Å². The van der Waals surface area contributed by atoms with Crippen LogP contribution in [0.15, 0.2) is 134 Å². The molecule has 0 heterocycles. The summed E-state index contributed by atoms with van der Waals surface area (Å²) in [5.41, 5.74) is 0. The fourth-order valence-corrected chi connectivity index (χ4v) is 8.97. The highest BCUT2D eigenvalue weighted by Gasteiger charge is 2.19. The predicted octanol–water partition coefficient (Wildman–Crippen LogP) is 22.9. The molecule has 0 N–H and O–H groups in total. The number of carbonyl (C=O) groups is 3. The Morgan fingerprint density at radius 2 is 0.500 bits per heavy atom. The van der Waals surface area contributed by atoms with Crippen molar-refractivity contribution in [2.75, 3.05) is 13.2 Å². The third kappa shape index (κ3) is 64.4. The Kier molecular flexibility index (Phi) is 63.3. The molecule has 454 valence electrons. The molecule has 0 radical (unpaired) electrons. The third-order valence-corrected chi connectivity index (χ3v) is 13.9. The molecule has 0 bridgehead atoms. The van der Waals surface area contributed by atoms with Gasteiger partial charge in [-0.15, -0.1) is 0 Å². The van der Waals surface area contributed by atoms with Gasteiger partial charge in [-0.2, -0.15) is 0 Å². The molecule has 0 saturated carbocycles. The number of rotatable bonds is 59. The standard InChI is InChI=1S/C74H122O6/c1-4-7-10-13-16-19-22-25-28-31-33-34-35-36-37-38-39-40-41-44-46-49-52-55-58-61-64-67-73(76)79-70-71(69-78-72(75)66-63-60-57-54-51-48-45-42-30-27-24-21-18-15-12-9-6-3)80-74(77)68-65-62-59-56-53-50-47-43-32-29-26-23-20-17-14-11-8-5-2/h7,9-10,12,16,18-21,23,25,27-30,32-34,45,48,54,57,71H,4-6,8,11,13-15,17,22,24,26,31,35-44,46-47,49-53,55-56,58-70H2,1-3H3/b10-7-,12-9-,19-16-,21-18-,23-20-,28-25-,30-27-,32-29-,34-33-,48-45-,57-54-. The minimum absolute atomic E-state index is 0.102. The Morgan fingerprint density at radius 1 is 0.263 bits per heavy atom. The molecule has 1 atom stereocenters. The molecule has 80 heavy (non-hydrogen) atoms. The van der Waals surface area contributed by atoms with Crippen LogP contribution < -0.4 is 0 Å². The molecule has 0 aromatic rings. The van der Waals surface area contributed by atoms with E-state index in [9.17, 15) is 14.4 Å². The Bertz CT molecular complexity index is 1700. The van der Waals surface area contributed by atoms with Crippen LogP contribution in [0.3, 0.4) is 0 Å². The SMILES string of the molecule is CC/C=C\C/C=C\C/C=C\C/C=C\C/C=C\CCCC(=O)OCC(COC(=O)CCCCCCCCCCCCCCCC/C=C\C/C=C\C/C=C\C/C=C\CC)OC(=O)CCCCCCCCC/C=C\C/C=C\CCCCCC. The van der Waals surface area contributed by atoms with Gasteiger partial charge in [-0.3, -0.25) is 14.4 Å². The van der Waals surface area contributed by atoms with Gasteiger partial charge in [-0.05, 0) is 128 Å². The maximum atomic E-state index is 12.9. The molecule has 0 rings (SSSR count). The van der Waals surface area contributed by atoms with Crippen LogP contribution in [-0.2, 0) is 28.6 Å². The predicted molar refractivity (Wildman–Crippen MR) is 348 cm³/mol. The molecule has 0 aliphatic carbocycles. The highest BCUT2D eigenvalue weighted by molar-refractivity contribution is 5.71. The number of ether oxygens (including phenoxy) is 3. The van der Waals surface area contributed by atoms with E-state index in [1.807, 2.05) is 0 Å². The Labute approximate surface area is 494 Å². The Morgan fingerprint density at radius 3 is 0.812 bits per heavy atom. The first kappa shape index (κ1) is 75.5. The summed E-state index contributed by atoms with van der Waals surface area (Å²) in [6.07, 6.45) is 94.7. The van der Waals surface area contributed by atoms with Crippen molar-refractivity contribution in [3.8, 4) is 0 Å². The van der Waals surface area contributed by atoms with Crippen LogP contribution in [0.1, 0.15) is 297 Å². The summed E-state index contributed by atoms with van der Waals surface area (Å²) < 4.78 is 16.9. The average molecular weight is 1110 g/mol. The Balaban J connectivity index is 4.40. The number of hydrogen-bond donors (Lipinski definition) is 0. The fourth-order valence-electron chi connectivity index (χ4n) is 8.97. The number of esters is 3. The summed E-state index contributed by atoms with van der Waals surface area (Å²) in [4.78, 5) is 38.4. The van der Waals surface area contributed by atoms with Gasteiger partial charge in [-0.25, -0.2) is 0 Å². The molecule has 6 nitrogen and oxygen atoms in total. The summed E-state index contributed by atoms with van der Waals surface area (Å²) in [5.74, 6) is -0.966. The normalized spacial score (nSPS) is 13.0. The number of allylic oxidation sites excluding steroid dienone is 22. The lowest BCUT2D eigenvalue weighted by atomic mass is 10.0. The van der Waals surface area contributed by atoms with E-state index >= 15 is 0 Å². The van der Waals surface area contributed by atoms with Crippen LogP contribution in [0.25, 0.3) is 0 Å². The summed E-state index contributed by atoms with van der Waals surface area (Å²) >= 11 is 0. The molecule has 0 saturated heterocycles. The van der Waals surface area contributed by atoms with Crippen molar-refractivity contribution in [3.63, 3.8) is 0 Å². The van der Waals surface area contributed by atoms with Gasteiger partial charge in [0.25, 0.3) is 0 Å². The Hall–Kier alpha value is -4.45. The van der Waals surface area contributed by atoms with Crippen LogP contribution in [0, 0.1) is 0 Å². The lowest BCUT2D eigenvalue weighted by molar-refractivity contribution is -0.167. The molecule has 0 aromatic carbocycles. The van der Waals surface area contributed by atoms with E-state index in [2.05, 4.69) is 154 Å². The highest BCUT2D eigenvalue weighted by atomic mass is 16.6. The molecular formula is C74H122O6. The summed E-state index contributed by atoms with van der Waals surface area (Å²) in [6, 6.07) is 0. The van der Waals surface area contributed by atoms with E-state index in [4.69, 9.17) is 14.2 Å². The van der Waals surface area contributed by atoms with Crippen molar-refractivity contribution >= 4 is 17.9 Å². The molecular weight excluding hydrogens is 985 g/mol. The van der Waals surface area contributed by atoms with Crippen molar-refractivity contribution in [1.29, 1.82) is 0 Å². The van der Waals surface area contributed by atoms with E-state index in [-0.39, 0.29) is 37.5 Å². The van der Waals surface area contributed by atoms with E-state index in [1.54, 1.807) is 0 Å². The summed E-state index contributed by atoms with van der Waals surface area (Å²) in [5, 5.41) is 0. The summed E-state index contributed by atoms with van der Waals surface area (Å²) in [7, 11) is 0. The maximum Gasteiger partial charge on any atom is 0.306 e. The van der Waals surface area contributed by atoms with Crippen molar-refractivity contribution in [3.05, 3.63) is 134 Å². The van der Waals surface area contributed by atoms with Crippen LogP contribution in [0.2, 0.25) is 0 Å². The monoisotopic (exact) mass is 1110 g/mol. The van der Waals surface area contributed by atoms with Gasteiger partial charge < -0.3 is 14.2 Å². The average Bonchev–Trinajstić information content (AvgIpc) is 3.46. The minimum Gasteiger partial charge on any atom is -0.462 e.